The maximum absolute atomic E-state index is 12.7. The number of nitrogens with two attached hydrogens (primary N) is 1. The van der Waals surface area contributed by atoms with Gasteiger partial charge in [-0.1, -0.05) is 29.5 Å². The maximum atomic E-state index is 12.7. The van der Waals surface area contributed by atoms with Gasteiger partial charge in [0.05, 0.1) is 16.5 Å². The van der Waals surface area contributed by atoms with Crippen molar-refractivity contribution in [3.8, 4) is 22.6 Å². The molecule has 4 nitrogen and oxygen atoms in total. The Bertz CT molecular complexity index is 1110. The van der Waals surface area contributed by atoms with Gasteiger partial charge in [0, 0.05) is 11.8 Å². The molecule has 0 unspecified atom stereocenters. The van der Waals surface area contributed by atoms with E-state index in [2.05, 4.69) is 9.97 Å². The number of rotatable bonds is 3. The summed E-state index contributed by atoms with van der Waals surface area (Å²) in [5, 5.41) is 0.442. The molecule has 0 saturated carbocycles. The third-order valence-electron chi connectivity index (χ3n) is 3.89. The fourth-order valence-corrected chi connectivity index (χ4v) is 3.39. The van der Waals surface area contributed by atoms with Crippen LogP contribution in [0, 0.1) is 0 Å². The van der Waals surface area contributed by atoms with Crippen molar-refractivity contribution in [2.75, 3.05) is 5.73 Å². The van der Waals surface area contributed by atoms with Gasteiger partial charge < -0.3 is 10.5 Å². The summed E-state index contributed by atoms with van der Waals surface area (Å²) >= 11 is 1.36. The Balaban J connectivity index is 1.64. The molecule has 2 aromatic heterocycles. The number of anilines is 1. The average molecular weight is 387 g/mol. The Morgan fingerprint density at radius 2 is 1.74 bits per heavy atom. The van der Waals surface area contributed by atoms with Crippen LogP contribution in [-0.4, -0.2) is 9.97 Å². The van der Waals surface area contributed by atoms with Crippen molar-refractivity contribution >= 4 is 26.7 Å². The van der Waals surface area contributed by atoms with Crippen LogP contribution in [0.1, 0.15) is 5.56 Å². The van der Waals surface area contributed by atoms with Crippen LogP contribution in [0.15, 0.2) is 60.9 Å². The third kappa shape index (κ3) is 3.56. The van der Waals surface area contributed by atoms with E-state index in [1.807, 2.05) is 12.1 Å². The molecule has 2 heterocycles. The first-order valence-electron chi connectivity index (χ1n) is 7.86. The molecule has 0 atom stereocenters. The predicted molar refractivity (Wildman–Crippen MR) is 98.8 cm³/mol. The summed E-state index contributed by atoms with van der Waals surface area (Å²) in [6, 6.07) is 12.1. The lowest BCUT2D eigenvalue weighted by atomic mass is 10.1. The van der Waals surface area contributed by atoms with Crippen molar-refractivity contribution < 1.29 is 17.9 Å². The Labute approximate surface area is 156 Å². The molecule has 27 heavy (non-hydrogen) atoms. The third-order valence-corrected chi connectivity index (χ3v) is 4.73. The van der Waals surface area contributed by atoms with Gasteiger partial charge in [-0.3, -0.25) is 4.98 Å². The molecule has 0 aliphatic heterocycles. The molecule has 0 fully saturated rings. The van der Waals surface area contributed by atoms with Gasteiger partial charge >= 0.3 is 6.18 Å². The van der Waals surface area contributed by atoms with Crippen molar-refractivity contribution in [1.82, 2.24) is 9.97 Å². The molecular formula is C19H12F3N3OS. The molecule has 0 saturated heterocycles. The van der Waals surface area contributed by atoms with Gasteiger partial charge in [-0.25, -0.2) is 4.98 Å². The number of halogens is 3. The molecule has 2 N–H and O–H groups in total. The number of hydrogen-bond donors (Lipinski definition) is 1. The Morgan fingerprint density at radius 1 is 0.963 bits per heavy atom. The summed E-state index contributed by atoms with van der Waals surface area (Å²) in [7, 11) is 0. The van der Waals surface area contributed by atoms with E-state index in [0.717, 1.165) is 16.8 Å². The minimum atomic E-state index is -4.37. The molecule has 8 heteroatoms. The number of pyridine rings is 1. The highest BCUT2D eigenvalue weighted by Crippen LogP contribution is 2.35. The van der Waals surface area contributed by atoms with Crippen LogP contribution in [0.4, 0.5) is 18.3 Å². The molecule has 4 rings (SSSR count). The van der Waals surface area contributed by atoms with Gasteiger partial charge in [-0.05, 0) is 35.9 Å². The summed E-state index contributed by atoms with van der Waals surface area (Å²) in [5.41, 5.74) is 6.97. The number of para-hydroxylation sites is 1. The highest BCUT2D eigenvalue weighted by atomic mass is 32.1. The summed E-state index contributed by atoms with van der Waals surface area (Å²) < 4.78 is 44.9. The van der Waals surface area contributed by atoms with Crippen molar-refractivity contribution in [2.24, 2.45) is 0 Å². The number of hydrogen-bond acceptors (Lipinski definition) is 5. The number of alkyl halides is 3. The number of benzene rings is 2. The zero-order chi connectivity index (χ0) is 19.0. The minimum absolute atomic E-state index is 0.442. The molecule has 0 radical (unpaired) electrons. The second kappa shape index (κ2) is 6.55. The first kappa shape index (κ1) is 17.3. The number of nitrogens with zero attached hydrogens (tertiary/aromatic N) is 2. The Hall–Kier alpha value is -3.13. The standard InChI is InChI=1S/C19H12F3N3OS/c20-19(21,22)13-6-4-11(5-7-13)12-8-14(10-24-9-12)26-15-2-1-3-16-17(15)25-18(23)27-16/h1-10H,(H2,23,25). The highest BCUT2D eigenvalue weighted by Gasteiger charge is 2.29. The lowest BCUT2D eigenvalue weighted by molar-refractivity contribution is -0.137. The van der Waals surface area contributed by atoms with Gasteiger partial charge in [-0.15, -0.1) is 0 Å². The lowest BCUT2D eigenvalue weighted by Gasteiger charge is -2.09. The first-order chi connectivity index (χ1) is 12.9. The summed E-state index contributed by atoms with van der Waals surface area (Å²) in [4.78, 5) is 8.39. The van der Waals surface area contributed by atoms with E-state index in [4.69, 9.17) is 10.5 Å². The van der Waals surface area contributed by atoms with Crippen LogP contribution in [0.5, 0.6) is 11.5 Å². The zero-order valence-electron chi connectivity index (χ0n) is 13.7. The van der Waals surface area contributed by atoms with Gasteiger partial charge in [0.1, 0.15) is 11.3 Å². The smallest absolute Gasteiger partial charge is 0.416 e. The predicted octanol–water partition coefficient (Wildman–Crippen LogP) is 5.75. The molecule has 136 valence electrons. The number of thiazole rings is 1. The van der Waals surface area contributed by atoms with E-state index in [0.29, 0.717) is 33.3 Å². The number of ether oxygens (including phenoxy) is 1. The molecule has 0 bridgehead atoms. The van der Waals surface area contributed by atoms with Gasteiger partial charge in [-0.2, -0.15) is 13.2 Å². The lowest BCUT2D eigenvalue weighted by Crippen LogP contribution is -2.04. The topological polar surface area (TPSA) is 61.0 Å². The maximum Gasteiger partial charge on any atom is 0.416 e. The molecular weight excluding hydrogens is 375 g/mol. The van der Waals surface area contributed by atoms with Gasteiger partial charge in [0.15, 0.2) is 10.9 Å². The summed E-state index contributed by atoms with van der Waals surface area (Å²) in [5.74, 6) is 0.985. The van der Waals surface area contributed by atoms with Crippen LogP contribution >= 0.6 is 11.3 Å². The molecule has 0 aliphatic rings. The van der Waals surface area contributed by atoms with Gasteiger partial charge in [0.25, 0.3) is 0 Å². The van der Waals surface area contributed by atoms with Crippen LogP contribution in [-0.2, 0) is 6.18 Å². The van der Waals surface area contributed by atoms with E-state index in [9.17, 15) is 13.2 Å². The van der Waals surface area contributed by atoms with Crippen LogP contribution in [0.3, 0.4) is 0 Å². The van der Waals surface area contributed by atoms with Crippen molar-refractivity contribution in [3.63, 3.8) is 0 Å². The zero-order valence-corrected chi connectivity index (χ0v) is 14.5. The van der Waals surface area contributed by atoms with E-state index < -0.39 is 11.7 Å². The molecule has 0 aliphatic carbocycles. The van der Waals surface area contributed by atoms with E-state index in [-0.39, 0.29) is 0 Å². The highest BCUT2D eigenvalue weighted by molar-refractivity contribution is 7.22. The molecule has 0 amide bonds. The average Bonchev–Trinajstić information content (AvgIpc) is 3.03. The fourth-order valence-electron chi connectivity index (χ4n) is 2.63. The molecule has 0 spiro atoms. The second-order valence-corrected chi connectivity index (χ2v) is 6.80. The van der Waals surface area contributed by atoms with E-state index in [1.54, 1.807) is 18.3 Å². The van der Waals surface area contributed by atoms with Gasteiger partial charge in [0.2, 0.25) is 0 Å². The molecule has 2 aromatic carbocycles. The number of aromatic nitrogens is 2. The second-order valence-electron chi connectivity index (χ2n) is 5.74. The molecule has 4 aromatic rings. The first-order valence-corrected chi connectivity index (χ1v) is 8.67. The monoisotopic (exact) mass is 387 g/mol. The largest absolute Gasteiger partial charge is 0.453 e. The number of nitrogen functional groups attached to an aromatic ring is 1. The van der Waals surface area contributed by atoms with Crippen LogP contribution < -0.4 is 10.5 Å². The normalized spacial score (nSPS) is 11.7. The van der Waals surface area contributed by atoms with E-state index in [1.165, 1.54) is 29.7 Å². The quantitative estimate of drug-likeness (QED) is 0.486. The minimum Gasteiger partial charge on any atom is -0.453 e. The SMILES string of the molecule is Nc1nc2c(Oc3cncc(-c4ccc(C(F)(F)F)cc4)c3)cccc2s1. The van der Waals surface area contributed by atoms with Crippen LogP contribution in [0.25, 0.3) is 21.3 Å². The van der Waals surface area contributed by atoms with Crippen molar-refractivity contribution in [3.05, 3.63) is 66.5 Å². The van der Waals surface area contributed by atoms with Crippen molar-refractivity contribution in [1.29, 1.82) is 0 Å². The van der Waals surface area contributed by atoms with Crippen molar-refractivity contribution in [2.45, 2.75) is 6.18 Å². The summed E-state index contributed by atoms with van der Waals surface area (Å²) in [6.45, 7) is 0. The van der Waals surface area contributed by atoms with E-state index >= 15 is 0 Å². The fraction of sp³-hybridized carbons (Fsp3) is 0.0526. The number of fused-ring (bicyclic) bond motifs is 1. The van der Waals surface area contributed by atoms with Crippen LogP contribution in [0.2, 0.25) is 0 Å². The Kier molecular flexibility index (Phi) is 4.19. The Morgan fingerprint density at radius 3 is 2.48 bits per heavy atom. The summed E-state index contributed by atoms with van der Waals surface area (Å²) in [6.07, 6.45) is -1.27.